The second-order valence-electron chi connectivity index (χ2n) is 3.96. The maximum atomic E-state index is 12.9. The van der Waals surface area contributed by atoms with E-state index in [1.807, 2.05) is 0 Å². The van der Waals surface area contributed by atoms with Crippen LogP contribution >= 0.6 is 15.9 Å². The zero-order chi connectivity index (χ0) is 12.3. The SMILES string of the molecule is N#CC1CN(Cc2ccc(F)cc2Br)CCO1. The van der Waals surface area contributed by atoms with E-state index in [0.29, 0.717) is 19.7 Å². The van der Waals surface area contributed by atoms with E-state index in [2.05, 4.69) is 26.9 Å². The molecule has 0 radical (unpaired) electrons. The summed E-state index contributed by atoms with van der Waals surface area (Å²) in [6, 6.07) is 6.77. The number of morpholine rings is 1. The molecule has 0 saturated carbocycles. The van der Waals surface area contributed by atoms with E-state index in [-0.39, 0.29) is 11.9 Å². The van der Waals surface area contributed by atoms with Crippen molar-refractivity contribution in [2.24, 2.45) is 0 Å². The Morgan fingerprint density at radius 3 is 3.12 bits per heavy atom. The molecule has 1 aliphatic rings. The molecule has 0 aromatic heterocycles. The fraction of sp³-hybridized carbons (Fsp3) is 0.417. The van der Waals surface area contributed by atoms with Gasteiger partial charge < -0.3 is 4.74 Å². The number of hydrogen-bond donors (Lipinski definition) is 0. The van der Waals surface area contributed by atoms with Gasteiger partial charge in [0.1, 0.15) is 5.82 Å². The normalized spacial score (nSPS) is 21.1. The molecule has 1 aromatic carbocycles. The Bertz CT molecular complexity index is 447. The Morgan fingerprint density at radius 1 is 1.59 bits per heavy atom. The molecule has 0 aliphatic carbocycles. The molecular formula is C12H12BrFN2O. The van der Waals surface area contributed by atoms with E-state index in [4.69, 9.17) is 10.00 Å². The summed E-state index contributed by atoms with van der Waals surface area (Å²) in [6.45, 7) is 2.65. The zero-order valence-electron chi connectivity index (χ0n) is 9.20. The number of ether oxygens (including phenoxy) is 1. The van der Waals surface area contributed by atoms with Gasteiger partial charge in [-0.15, -0.1) is 0 Å². The Morgan fingerprint density at radius 2 is 2.41 bits per heavy atom. The average molecular weight is 299 g/mol. The van der Waals surface area contributed by atoms with Crippen LogP contribution in [0.1, 0.15) is 5.56 Å². The molecular weight excluding hydrogens is 287 g/mol. The van der Waals surface area contributed by atoms with Gasteiger partial charge in [0.25, 0.3) is 0 Å². The molecule has 3 nitrogen and oxygen atoms in total. The molecule has 5 heteroatoms. The third-order valence-electron chi connectivity index (χ3n) is 2.70. The van der Waals surface area contributed by atoms with Crippen molar-refractivity contribution in [1.29, 1.82) is 5.26 Å². The van der Waals surface area contributed by atoms with Crippen molar-refractivity contribution < 1.29 is 9.13 Å². The van der Waals surface area contributed by atoms with Crippen LogP contribution in [0.3, 0.4) is 0 Å². The van der Waals surface area contributed by atoms with Crippen LogP contribution < -0.4 is 0 Å². The Balaban J connectivity index is 2.03. The number of rotatable bonds is 2. The summed E-state index contributed by atoms with van der Waals surface area (Å²) in [7, 11) is 0. The quantitative estimate of drug-likeness (QED) is 0.841. The smallest absolute Gasteiger partial charge is 0.156 e. The van der Waals surface area contributed by atoms with Crippen molar-refractivity contribution >= 4 is 15.9 Å². The van der Waals surface area contributed by atoms with Crippen LogP contribution in [-0.4, -0.2) is 30.7 Å². The average Bonchev–Trinajstić information content (AvgIpc) is 2.33. The largest absolute Gasteiger partial charge is 0.361 e. The van der Waals surface area contributed by atoms with Crippen LogP contribution in [0, 0.1) is 17.1 Å². The first-order chi connectivity index (χ1) is 8.19. The zero-order valence-corrected chi connectivity index (χ0v) is 10.8. The van der Waals surface area contributed by atoms with Crippen LogP contribution in [0.5, 0.6) is 0 Å². The molecule has 1 heterocycles. The Kier molecular flexibility index (Phi) is 4.11. The highest BCUT2D eigenvalue weighted by atomic mass is 79.9. The monoisotopic (exact) mass is 298 g/mol. The molecule has 1 aromatic rings. The van der Waals surface area contributed by atoms with E-state index >= 15 is 0 Å². The first-order valence-electron chi connectivity index (χ1n) is 5.36. The van der Waals surface area contributed by atoms with Crippen molar-refractivity contribution in [3.63, 3.8) is 0 Å². The molecule has 1 saturated heterocycles. The highest BCUT2D eigenvalue weighted by molar-refractivity contribution is 9.10. The number of nitrogens with zero attached hydrogens (tertiary/aromatic N) is 2. The topological polar surface area (TPSA) is 36.3 Å². The summed E-state index contributed by atoms with van der Waals surface area (Å²) in [5, 5.41) is 8.81. The lowest BCUT2D eigenvalue weighted by atomic mass is 10.2. The predicted molar refractivity (Wildman–Crippen MR) is 64.7 cm³/mol. The van der Waals surface area contributed by atoms with Crippen molar-refractivity contribution in [1.82, 2.24) is 4.90 Å². The lowest BCUT2D eigenvalue weighted by Crippen LogP contribution is -2.41. The minimum Gasteiger partial charge on any atom is -0.361 e. The predicted octanol–water partition coefficient (Wildman–Crippen LogP) is 2.31. The van der Waals surface area contributed by atoms with E-state index in [0.717, 1.165) is 16.6 Å². The maximum absolute atomic E-state index is 12.9. The van der Waals surface area contributed by atoms with Gasteiger partial charge in [-0.25, -0.2) is 4.39 Å². The van der Waals surface area contributed by atoms with E-state index in [1.165, 1.54) is 12.1 Å². The van der Waals surface area contributed by atoms with Gasteiger partial charge in [0.2, 0.25) is 0 Å². The van der Waals surface area contributed by atoms with Gasteiger partial charge in [0, 0.05) is 24.1 Å². The number of halogens is 2. The third-order valence-corrected chi connectivity index (χ3v) is 3.44. The summed E-state index contributed by atoms with van der Waals surface area (Å²) >= 11 is 3.34. The van der Waals surface area contributed by atoms with Crippen LogP contribution in [-0.2, 0) is 11.3 Å². The van der Waals surface area contributed by atoms with Crippen LogP contribution in [0.25, 0.3) is 0 Å². The summed E-state index contributed by atoms with van der Waals surface area (Å²) in [4.78, 5) is 2.13. The number of nitriles is 1. The van der Waals surface area contributed by atoms with Gasteiger partial charge in [0.05, 0.1) is 12.7 Å². The fourth-order valence-electron chi connectivity index (χ4n) is 1.82. The van der Waals surface area contributed by atoms with Gasteiger partial charge >= 0.3 is 0 Å². The lowest BCUT2D eigenvalue weighted by Gasteiger charge is -2.29. The van der Waals surface area contributed by atoms with Crippen molar-refractivity contribution in [2.45, 2.75) is 12.6 Å². The first kappa shape index (κ1) is 12.5. The Labute approximate surface area is 108 Å². The van der Waals surface area contributed by atoms with Crippen LogP contribution in [0.4, 0.5) is 4.39 Å². The summed E-state index contributed by atoms with van der Waals surface area (Å²) in [5.41, 5.74) is 1.02. The third kappa shape index (κ3) is 3.25. The lowest BCUT2D eigenvalue weighted by molar-refractivity contribution is -0.00277. The molecule has 17 heavy (non-hydrogen) atoms. The first-order valence-corrected chi connectivity index (χ1v) is 6.16. The van der Waals surface area contributed by atoms with Crippen molar-refractivity contribution in [3.8, 4) is 6.07 Å². The van der Waals surface area contributed by atoms with Gasteiger partial charge in [-0.1, -0.05) is 22.0 Å². The highest BCUT2D eigenvalue weighted by Gasteiger charge is 2.20. The highest BCUT2D eigenvalue weighted by Crippen LogP contribution is 2.20. The minimum absolute atomic E-state index is 0.252. The molecule has 0 amide bonds. The van der Waals surface area contributed by atoms with Gasteiger partial charge in [-0.05, 0) is 17.7 Å². The molecule has 1 fully saturated rings. The molecule has 90 valence electrons. The van der Waals surface area contributed by atoms with Crippen molar-refractivity contribution in [2.75, 3.05) is 19.7 Å². The van der Waals surface area contributed by atoms with E-state index in [1.54, 1.807) is 6.07 Å². The van der Waals surface area contributed by atoms with Gasteiger partial charge in [-0.3, -0.25) is 4.90 Å². The second-order valence-corrected chi connectivity index (χ2v) is 4.81. The second kappa shape index (κ2) is 5.58. The molecule has 0 N–H and O–H groups in total. The van der Waals surface area contributed by atoms with E-state index in [9.17, 15) is 4.39 Å². The maximum Gasteiger partial charge on any atom is 0.156 e. The summed E-state index contributed by atoms with van der Waals surface area (Å²) < 4.78 is 19.0. The van der Waals surface area contributed by atoms with Crippen molar-refractivity contribution in [3.05, 3.63) is 34.1 Å². The molecule has 1 unspecified atom stereocenters. The minimum atomic E-state index is -0.358. The van der Waals surface area contributed by atoms with Gasteiger partial charge in [-0.2, -0.15) is 5.26 Å². The molecule has 1 atom stereocenters. The standard InChI is InChI=1S/C12H12BrFN2O/c13-12-5-10(14)2-1-9(12)7-16-3-4-17-11(6-15)8-16/h1-2,5,11H,3-4,7-8H2. The molecule has 0 bridgehead atoms. The van der Waals surface area contributed by atoms with Gasteiger partial charge in [0.15, 0.2) is 6.10 Å². The Hall–Kier alpha value is -0.960. The van der Waals surface area contributed by atoms with E-state index < -0.39 is 0 Å². The van der Waals surface area contributed by atoms with Crippen LogP contribution in [0.2, 0.25) is 0 Å². The molecule has 0 spiro atoms. The summed E-state index contributed by atoms with van der Waals surface area (Å²) in [5.74, 6) is -0.252. The number of benzene rings is 1. The summed E-state index contributed by atoms with van der Waals surface area (Å²) in [6.07, 6.45) is -0.358. The number of hydrogen-bond acceptors (Lipinski definition) is 3. The van der Waals surface area contributed by atoms with Crippen LogP contribution in [0.15, 0.2) is 22.7 Å². The molecule has 1 aliphatic heterocycles. The molecule has 2 rings (SSSR count). The fourth-order valence-corrected chi connectivity index (χ4v) is 2.29.